The Balaban J connectivity index is 1.80. The smallest absolute Gasteiger partial charge is 0.127 e. The van der Waals surface area contributed by atoms with Gasteiger partial charge in [-0.05, 0) is 25.3 Å². The van der Waals surface area contributed by atoms with E-state index in [2.05, 4.69) is 12.2 Å². The van der Waals surface area contributed by atoms with Crippen LogP contribution >= 0.6 is 11.3 Å². The molecule has 1 aliphatic carbocycles. The predicted octanol–water partition coefficient (Wildman–Crippen LogP) is 3.61. The fraction of sp³-hybridized carbons (Fsp3) is 0.500. The van der Waals surface area contributed by atoms with Crippen molar-refractivity contribution >= 4 is 11.3 Å². The largest absolute Gasteiger partial charge is 0.472 e. The molecule has 3 nitrogen and oxygen atoms in total. The van der Waals surface area contributed by atoms with Gasteiger partial charge in [-0.1, -0.05) is 13.3 Å². The summed E-state index contributed by atoms with van der Waals surface area (Å²) in [6, 6.07) is 2.73. The summed E-state index contributed by atoms with van der Waals surface area (Å²) >= 11 is 1.79. The lowest BCUT2D eigenvalue weighted by Gasteiger charge is -2.01. The Bertz CT molecular complexity index is 500. The van der Waals surface area contributed by atoms with E-state index in [-0.39, 0.29) is 0 Å². The summed E-state index contributed by atoms with van der Waals surface area (Å²) in [5.41, 5.74) is 2.35. The number of hydrogen-bond donors (Lipinski definition) is 1. The second kappa shape index (κ2) is 5.24. The van der Waals surface area contributed by atoms with Gasteiger partial charge in [-0.25, -0.2) is 4.98 Å². The molecule has 1 saturated carbocycles. The molecule has 2 heterocycles. The highest BCUT2D eigenvalue weighted by Crippen LogP contribution is 2.30. The van der Waals surface area contributed by atoms with Gasteiger partial charge in [0.25, 0.3) is 0 Å². The van der Waals surface area contributed by atoms with E-state index in [1.165, 1.54) is 23.4 Å². The van der Waals surface area contributed by atoms with Crippen molar-refractivity contribution in [3.05, 3.63) is 29.2 Å². The minimum absolute atomic E-state index is 0.749. The quantitative estimate of drug-likeness (QED) is 0.864. The molecule has 0 atom stereocenters. The van der Waals surface area contributed by atoms with Crippen molar-refractivity contribution < 1.29 is 4.42 Å². The van der Waals surface area contributed by atoms with Crippen LogP contribution in [0.5, 0.6) is 0 Å². The van der Waals surface area contributed by atoms with E-state index < -0.39 is 0 Å². The second-order valence-corrected chi connectivity index (χ2v) is 5.89. The first-order valence-electron chi connectivity index (χ1n) is 6.61. The zero-order valence-electron chi connectivity index (χ0n) is 10.6. The Hall–Kier alpha value is -1.13. The lowest BCUT2D eigenvalue weighted by atomic mass is 10.2. The summed E-state index contributed by atoms with van der Waals surface area (Å²) in [6.45, 7) is 3.17. The van der Waals surface area contributed by atoms with Gasteiger partial charge < -0.3 is 9.73 Å². The van der Waals surface area contributed by atoms with Crippen LogP contribution in [0.1, 0.15) is 36.8 Å². The van der Waals surface area contributed by atoms with Crippen LogP contribution in [0.15, 0.2) is 23.0 Å². The first kappa shape index (κ1) is 11.9. The molecular weight excluding hydrogens is 244 g/mol. The van der Waals surface area contributed by atoms with E-state index in [0.717, 1.165) is 36.0 Å². The minimum atomic E-state index is 0.749. The average molecular weight is 262 g/mol. The fourth-order valence-corrected chi connectivity index (χ4v) is 3.03. The Kier molecular flexibility index (Phi) is 3.48. The molecule has 3 rings (SSSR count). The van der Waals surface area contributed by atoms with Crippen LogP contribution in [0.4, 0.5) is 0 Å². The summed E-state index contributed by atoms with van der Waals surface area (Å²) in [4.78, 5) is 6.15. The molecule has 2 aromatic rings. The third-order valence-electron chi connectivity index (χ3n) is 3.16. The number of hydrogen-bond acceptors (Lipinski definition) is 4. The van der Waals surface area contributed by atoms with Crippen molar-refractivity contribution in [1.29, 1.82) is 0 Å². The molecule has 1 N–H and O–H groups in total. The van der Waals surface area contributed by atoms with Crippen LogP contribution in [0, 0.1) is 0 Å². The Morgan fingerprint density at radius 2 is 2.39 bits per heavy atom. The zero-order chi connectivity index (χ0) is 12.4. The second-order valence-electron chi connectivity index (χ2n) is 4.81. The molecule has 0 saturated heterocycles. The third-order valence-corrected chi connectivity index (χ3v) is 4.31. The summed E-state index contributed by atoms with van der Waals surface area (Å²) in [6.07, 6.45) is 8.35. The summed E-state index contributed by atoms with van der Waals surface area (Å²) in [5.74, 6) is 0. The minimum Gasteiger partial charge on any atom is -0.472 e. The maximum atomic E-state index is 5.14. The van der Waals surface area contributed by atoms with Gasteiger partial charge in [0.15, 0.2) is 0 Å². The molecule has 1 fully saturated rings. The maximum Gasteiger partial charge on any atom is 0.127 e. The van der Waals surface area contributed by atoms with Crippen LogP contribution < -0.4 is 5.32 Å². The summed E-state index contributed by atoms with van der Waals surface area (Å²) < 4.78 is 5.14. The summed E-state index contributed by atoms with van der Waals surface area (Å²) in [7, 11) is 0. The van der Waals surface area contributed by atoms with E-state index >= 15 is 0 Å². The molecule has 0 unspecified atom stereocenters. The highest BCUT2D eigenvalue weighted by atomic mass is 32.1. The van der Waals surface area contributed by atoms with E-state index in [1.807, 2.05) is 6.07 Å². The number of furan rings is 1. The molecule has 0 spiro atoms. The van der Waals surface area contributed by atoms with Crippen LogP contribution in [-0.4, -0.2) is 11.0 Å². The lowest BCUT2D eigenvalue weighted by molar-refractivity contribution is 0.568. The SMILES string of the molecule is CCCc1nc(-c2ccoc2)sc1CNC1CC1. The average Bonchev–Trinajstić information content (AvgIpc) is 2.90. The standard InChI is InChI=1S/C14H18N2OS/c1-2-3-12-13(8-15-11-4-5-11)18-14(16-12)10-6-7-17-9-10/h6-7,9,11,15H,2-5,8H2,1H3. The fourth-order valence-electron chi connectivity index (χ4n) is 1.99. The van der Waals surface area contributed by atoms with Gasteiger partial charge in [0, 0.05) is 23.0 Å². The molecule has 0 radical (unpaired) electrons. The van der Waals surface area contributed by atoms with Crippen molar-refractivity contribution in [2.75, 3.05) is 0 Å². The molecule has 0 amide bonds. The molecule has 96 valence electrons. The molecule has 0 bridgehead atoms. The van der Waals surface area contributed by atoms with Gasteiger partial charge in [-0.3, -0.25) is 0 Å². The van der Waals surface area contributed by atoms with Gasteiger partial charge >= 0.3 is 0 Å². The van der Waals surface area contributed by atoms with Gasteiger partial charge in [0.2, 0.25) is 0 Å². The lowest BCUT2D eigenvalue weighted by Crippen LogP contribution is -2.15. The van der Waals surface area contributed by atoms with Crippen LogP contribution in [0.2, 0.25) is 0 Å². The first-order chi connectivity index (χ1) is 8.86. The molecule has 4 heteroatoms. The Morgan fingerprint density at radius 3 is 3.06 bits per heavy atom. The third kappa shape index (κ3) is 2.65. The monoisotopic (exact) mass is 262 g/mol. The topological polar surface area (TPSA) is 38.1 Å². The van der Waals surface area contributed by atoms with E-state index in [0.29, 0.717) is 0 Å². The van der Waals surface area contributed by atoms with Gasteiger partial charge in [0.05, 0.1) is 12.0 Å². The predicted molar refractivity (Wildman–Crippen MR) is 73.7 cm³/mol. The summed E-state index contributed by atoms with van der Waals surface area (Å²) in [5, 5.41) is 4.66. The number of rotatable bonds is 6. The van der Waals surface area contributed by atoms with Crippen molar-refractivity contribution in [3.8, 4) is 10.6 Å². The van der Waals surface area contributed by atoms with Gasteiger partial charge in [0.1, 0.15) is 11.3 Å². The molecule has 0 aromatic carbocycles. The normalized spacial score (nSPS) is 15.2. The van der Waals surface area contributed by atoms with Gasteiger partial charge in [-0.15, -0.1) is 11.3 Å². The highest BCUT2D eigenvalue weighted by Gasteiger charge is 2.21. The number of nitrogens with one attached hydrogen (secondary N) is 1. The highest BCUT2D eigenvalue weighted by molar-refractivity contribution is 7.15. The Labute approximate surface area is 111 Å². The number of nitrogens with zero attached hydrogens (tertiary/aromatic N) is 1. The van der Waals surface area contributed by atoms with Crippen LogP contribution in [0.3, 0.4) is 0 Å². The molecular formula is C14H18N2OS. The number of aryl methyl sites for hydroxylation is 1. The molecule has 18 heavy (non-hydrogen) atoms. The van der Waals surface area contributed by atoms with E-state index in [9.17, 15) is 0 Å². The van der Waals surface area contributed by atoms with Gasteiger partial charge in [-0.2, -0.15) is 0 Å². The van der Waals surface area contributed by atoms with Crippen molar-refractivity contribution in [2.45, 2.75) is 45.2 Å². The number of thiazole rings is 1. The molecule has 0 aliphatic heterocycles. The van der Waals surface area contributed by atoms with E-state index in [1.54, 1.807) is 23.9 Å². The Morgan fingerprint density at radius 1 is 1.50 bits per heavy atom. The van der Waals surface area contributed by atoms with Crippen molar-refractivity contribution in [1.82, 2.24) is 10.3 Å². The maximum absolute atomic E-state index is 5.14. The van der Waals surface area contributed by atoms with E-state index in [4.69, 9.17) is 9.40 Å². The first-order valence-corrected chi connectivity index (χ1v) is 7.43. The van der Waals surface area contributed by atoms with Crippen molar-refractivity contribution in [2.24, 2.45) is 0 Å². The molecule has 2 aromatic heterocycles. The van der Waals surface area contributed by atoms with Crippen LogP contribution in [-0.2, 0) is 13.0 Å². The molecule has 1 aliphatic rings. The zero-order valence-corrected chi connectivity index (χ0v) is 11.4. The van der Waals surface area contributed by atoms with Crippen molar-refractivity contribution in [3.63, 3.8) is 0 Å². The number of aromatic nitrogens is 1. The van der Waals surface area contributed by atoms with Crippen LogP contribution in [0.25, 0.3) is 10.6 Å².